The first kappa shape index (κ1) is 13.4. The van der Waals surface area contributed by atoms with Gasteiger partial charge < -0.3 is 4.18 Å². The van der Waals surface area contributed by atoms with Crippen molar-refractivity contribution in [3.05, 3.63) is 59.9 Å². The molecule has 2 aromatic carbocycles. The summed E-state index contributed by atoms with van der Waals surface area (Å²) in [5, 5.41) is 0. The molecule has 0 bridgehead atoms. The Morgan fingerprint density at radius 3 is 2.00 bits per heavy atom. The molecule has 0 saturated heterocycles. The third kappa shape index (κ3) is 3.05. The van der Waals surface area contributed by atoms with Crippen molar-refractivity contribution < 1.29 is 25.8 Å². The Balaban J connectivity index is 2.33. The summed E-state index contributed by atoms with van der Waals surface area (Å²) < 4.78 is 66.6. The molecule has 0 fully saturated rings. The van der Waals surface area contributed by atoms with E-state index in [1.54, 1.807) is 0 Å². The highest BCUT2D eigenvalue weighted by molar-refractivity contribution is 7.87. The van der Waals surface area contributed by atoms with Crippen LogP contribution >= 0.6 is 0 Å². The van der Waals surface area contributed by atoms with Crippen molar-refractivity contribution in [2.24, 2.45) is 0 Å². The van der Waals surface area contributed by atoms with Gasteiger partial charge in [0.1, 0.15) is 16.5 Å². The maximum absolute atomic E-state index is 13.3. The molecule has 0 aliphatic rings. The number of rotatable bonds is 3. The maximum atomic E-state index is 13.3. The van der Waals surface area contributed by atoms with Crippen LogP contribution in [0.2, 0.25) is 0 Å². The molecule has 0 saturated carbocycles. The number of hydrogen-bond donors (Lipinski definition) is 0. The van der Waals surface area contributed by atoms with Gasteiger partial charge in [-0.3, -0.25) is 0 Å². The van der Waals surface area contributed by atoms with E-state index in [9.17, 15) is 21.6 Å². The zero-order chi connectivity index (χ0) is 14.0. The van der Waals surface area contributed by atoms with E-state index in [0.717, 1.165) is 36.4 Å². The lowest BCUT2D eigenvalue weighted by Gasteiger charge is -2.07. The van der Waals surface area contributed by atoms with Gasteiger partial charge in [-0.1, -0.05) is 0 Å². The van der Waals surface area contributed by atoms with Crippen molar-refractivity contribution >= 4 is 10.1 Å². The van der Waals surface area contributed by atoms with Crippen LogP contribution in [0.1, 0.15) is 0 Å². The molecule has 0 aliphatic carbocycles. The molecule has 7 heteroatoms. The van der Waals surface area contributed by atoms with Crippen LogP contribution in [0.15, 0.2) is 47.4 Å². The van der Waals surface area contributed by atoms with Crippen molar-refractivity contribution in [3.8, 4) is 5.75 Å². The summed E-state index contributed by atoms with van der Waals surface area (Å²) in [7, 11) is -4.29. The van der Waals surface area contributed by atoms with E-state index in [4.69, 9.17) is 0 Å². The zero-order valence-electron chi connectivity index (χ0n) is 9.31. The van der Waals surface area contributed by atoms with Gasteiger partial charge in [-0.05, 0) is 36.4 Å². The Labute approximate surface area is 107 Å². The van der Waals surface area contributed by atoms with Crippen LogP contribution in [-0.4, -0.2) is 8.42 Å². The summed E-state index contributed by atoms with van der Waals surface area (Å²) in [6.45, 7) is 0. The Kier molecular flexibility index (Phi) is 3.48. The van der Waals surface area contributed by atoms with Crippen molar-refractivity contribution in [1.82, 2.24) is 0 Å². The highest BCUT2D eigenvalue weighted by Crippen LogP contribution is 2.22. The second kappa shape index (κ2) is 4.93. The van der Waals surface area contributed by atoms with Crippen LogP contribution in [0.25, 0.3) is 0 Å². The highest BCUT2D eigenvalue weighted by Gasteiger charge is 2.19. The molecule has 0 radical (unpaired) electrons. The smallest absolute Gasteiger partial charge is 0.339 e. The van der Waals surface area contributed by atoms with E-state index in [0.29, 0.717) is 6.07 Å². The summed E-state index contributed by atoms with van der Waals surface area (Å²) in [5.74, 6) is -3.26. The van der Waals surface area contributed by atoms with Crippen LogP contribution < -0.4 is 4.18 Å². The van der Waals surface area contributed by atoms with Gasteiger partial charge in [0.15, 0.2) is 11.6 Å². The van der Waals surface area contributed by atoms with Crippen molar-refractivity contribution in [2.75, 3.05) is 0 Å². The Morgan fingerprint density at radius 1 is 0.842 bits per heavy atom. The first-order valence-electron chi connectivity index (χ1n) is 5.03. The predicted octanol–water partition coefficient (Wildman–Crippen LogP) is 2.87. The van der Waals surface area contributed by atoms with Crippen LogP contribution in [0.3, 0.4) is 0 Å². The van der Waals surface area contributed by atoms with Crippen LogP contribution in [0.5, 0.6) is 5.75 Å². The third-order valence-electron chi connectivity index (χ3n) is 2.20. The Bertz CT molecular complexity index is 697. The lowest BCUT2D eigenvalue weighted by atomic mass is 10.3. The summed E-state index contributed by atoms with van der Waals surface area (Å²) in [6.07, 6.45) is 0. The number of hydrogen-bond acceptors (Lipinski definition) is 3. The van der Waals surface area contributed by atoms with Gasteiger partial charge in [-0.25, -0.2) is 13.2 Å². The minimum Gasteiger partial charge on any atom is -0.376 e. The molecule has 0 heterocycles. The van der Waals surface area contributed by atoms with Crippen LogP contribution in [-0.2, 0) is 10.1 Å². The predicted molar refractivity (Wildman–Crippen MR) is 60.6 cm³/mol. The maximum Gasteiger partial charge on any atom is 0.339 e. The average Bonchev–Trinajstić information content (AvgIpc) is 2.33. The second-order valence-corrected chi connectivity index (χ2v) is 5.11. The first-order chi connectivity index (χ1) is 8.88. The van der Waals surface area contributed by atoms with Gasteiger partial charge in [-0.2, -0.15) is 8.42 Å². The van der Waals surface area contributed by atoms with Crippen molar-refractivity contribution in [2.45, 2.75) is 4.90 Å². The summed E-state index contributed by atoms with van der Waals surface area (Å²) in [4.78, 5) is -0.336. The monoisotopic (exact) mass is 288 g/mol. The fraction of sp³-hybridized carbons (Fsp3) is 0. The van der Waals surface area contributed by atoms with E-state index in [1.165, 1.54) is 0 Å². The standard InChI is InChI=1S/C12H7F3O3S/c13-8-1-4-10(5-2-8)19(16,17)18-12-6-3-9(14)7-11(12)15/h1-7H. The minimum atomic E-state index is -4.29. The molecule has 0 spiro atoms. The lowest BCUT2D eigenvalue weighted by Crippen LogP contribution is -2.10. The molecule has 0 unspecified atom stereocenters. The van der Waals surface area contributed by atoms with Gasteiger partial charge in [-0.15, -0.1) is 0 Å². The fourth-order valence-electron chi connectivity index (χ4n) is 1.31. The molecule has 0 N–H and O–H groups in total. The summed E-state index contributed by atoms with van der Waals surface area (Å²) >= 11 is 0. The molecular weight excluding hydrogens is 281 g/mol. The lowest BCUT2D eigenvalue weighted by molar-refractivity contribution is 0.457. The van der Waals surface area contributed by atoms with Gasteiger partial charge in [0, 0.05) is 6.07 Å². The molecule has 100 valence electrons. The largest absolute Gasteiger partial charge is 0.376 e. The van der Waals surface area contributed by atoms with E-state index >= 15 is 0 Å². The second-order valence-electron chi connectivity index (χ2n) is 3.57. The van der Waals surface area contributed by atoms with Crippen molar-refractivity contribution in [3.63, 3.8) is 0 Å². The molecule has 0 aromatic heterocycles. The molecule has 3 nitrogen and oxygen atoms in total. The molecule has 2 rings (SSSR count). The van der Waals surface area contributed by atoms with Crippen molar-refractivity contribution in [1.29, 1.82) is 0 Å². The molecule has 19 heavy (non-hydrogen) atoms. The SMILES string of the molecule is O=S(=O)(Oc1ccc(F)cc1F)c1ccc(F)cc1. The fourth-order valence-corrected chi connectivity index (χ4v) is 2.25. The van der Waals surface area contributed by atoms with Gasteiger partial charge in [0.2, 0.25) is 0 Å². The summed E-state index contributed by atoms with van der Waals surface area (Å²) in [6, 6.07) is 6.02. The molecule has 0 aliphatic heterocycles. The van der Waals surface area contributed by atoms with Crippen LogP contribution in [0.4, 0.5) is 13.2 Å². The van der Waals surface area contributed by atoms with Crippen LogP contribution in [0, 0.1) is 17.5 Å². The molecular formula is C12H7F3O3S. The summed E-state index contributed by atoms with van der Waals surface area (Å²) in [5.41, 5.74) is 0. The normalized spacial score (nSPS) is 11.3. The van der Waals surface area contributed by atoms with E-state index in [1.807, 2.05) is 0 Å². The van der Waals surface area contributed by atoms with Gasteiger partial charge >= 0.3 is 10.1 Å². The highest BCUT2D eigenvalue weighted by atomic mass is 32.2. The Morgan fingerprint density at radius 2 is 1.42 bits per heavy atom. The number of halogens is 3. The molecule has 0 atom stereocenters. The first-order valence-corrected chi connectivity index (χ1v) is 6.44. The molecule has 0 amide bonds. The van der Waals surface area contributed by atoms with E-state index in [-0.39, 0.29) is 4.90 Å². The zero-order valence-corrected chi connectivity index (χ0v) is 10.1. The van der Waals surface area contributed by atoms with E-state index < -0.39 is 33.3 Å². The Hall–Kier alpha value is -2.02. The number of benzene rings is 2. The molecule has 2 aromatic rings. The minimum absolute atomic E-state index is 0.336. The third-order valence-corrected chi connectivity index (χ3v) is 3.44. The van der Waals surface area contributed by atoms with E-state index in [2.05, 4.69) is 4.18 Å². The topological polar surface area (TPSA) is 43.4 Å². The quantitative estimate of drug-likeness (QED) is 0.816. The van der Waals surface area contributed by atoms with Gasteiger partial charge in [0.05, 0.1) is 0 Å². The average molecular weight is 288 g/mol. The van der Waals surface area contributed by atoms with Gasteiger partial charge in [0.25, 0.3) is 0 Å².